The zero-order chi connectivity index (χ0) is 14.3. The third-order valence-electron chi connectivity index (χ3n) is 3.75. The van der Waals surface area contributed by atoms with Crippen LogP contribution < -0.4 is 10.6 Å². The van der Waals surface area contributed by atoms with Crippen LogP contribution in [0.1, 0.15) is 33.5 Å². The van der Waals surface area contributed by atoms with Crippen molar-refractivity contribution in [3.8, 4) is 6.07 Å². The summed E-state index contributed by atoms with van der Waals surface area (Å²) < 4.78 is 1.82. The van der Waals surface area contributed by atoms with Gasteiger partial charge in [0.1, 0.15) is 17.9 Å². The fraction of sp³-hybridized carbons (Fsp3) is 0.200. The topological polar surface area (TPSA) is 69.8 Å². The van der Waals surface area contributed by atoms with Crippen molar-refractivity contribution in [3.63, 3.8) is 0 Å². The number of benzene rings is 1. The van der Waals surface area contributed by atoms with Crippen molar-refractivity contribution in [3.05, 3.63) is 52.8 Å². The molecule has 0 saturated carbocycles. The summed E-state index contributed by atoms with van der Waals surface area (Å²) in [5.41, 5.74) is 3.89. The Labute approximate surface area is 116 Å². The molecule has 5 heteroatoms. The van der Waals surface area contributed by atoms with E-state index in [0.717, 1.165) is 16.9 Å². The molecule has 0 saturated heterocycles. The molecule has 100 valence electrons. The Bertz CT molecular complexity index is 739. The number of carbonyl (C=O) groups excluding carboxylic acids is 1. The Morgan fingerprint density at radius 2 is 2.05 bits per heavy atom. The van der Waals surface area contributed by atoms with Gasteiger partial charge in [-0.15, -0.1) is 0 Å². The van der Waals surface area contributed by atoms with E-state index in [4.69, 9.17) is 5.26 Å². The quantitative estimate of drug-likeness (QED) is 0.830. The molecule has 3 rings (SSSR count). The van der Waals surface area contributed by atoms with Crippen LogP contribution in [-0.2, 0) is 7.05 Å². The van der Waals surface area contributed by atoms with Gasteiger partial charge in [-0.3, -0.25) is 4.79 Å². The summed E-state index contributed by atoms with van der Waals surface area (Å²) >= 11 is 0. The van der Waals surface area contributed by atoms with Crippen LogP contribution in [0.25, 0.3) is 0 Å². The minimum absolute atomic E-state index is 0.105. The van der Waals surface area contributed by atoms with E-state index in [1.807, 2.05) is 36.7 Å². The van der Waals surface area contributed by atoms with Gasteiger partial charge in [-0.1, -0.05) is 12.1 Å². The number of fused-ring (bicyclic) bond motifs is 1. The molecule has 1 aliphatic heterocycles. The van der Waals surface area contributed by atoms with Gasteiger partial charge in [-0.2, -0.15) is 5.26 Å². The van der Waals surface area contributed by atoms with Crippen molar-refractivity contribution >= 4 is 11.6 Å². The second-order valence-corrected chi connectivity index (χ2v) is 4.84. The lowest BCUT2D eigenvalue weighted by molar-refractivity contribution is 0.0935. The van der Waals surface area contributed by atoms with Gasteiger partial charge in [0, 0.05) is 24.0 Å². The molecule has 5 nitrogen and oxygen atoms in total. The smallest absolute Gasteiger partial charge is 0.255 e. The van der Waals surface area contributed by atoms with Crippen LogP contribution in [0.4, 0.5) is 5.69 Å². The molecule has 2 aromatic rings. The van der Waals surface area contributed by atoms with Crippen LogP contribution in [0.3, 0.4) is 0 Å². The van der Waals surface area contributed by atoms with Gasteiger partial charge < -0.3 is 15.2 Å². The van der Waals surface area contributed by atoms with Crippen molar-refractivity contribution < 1.29 is 4.79 Å². The first-order valence-corrected chi connectivity index (χ1v) is 6.34. The molecule has 1 aromatic carbocycles. The molecule has 0 spiro atoms. The number of rotatable bonds is 1. The third kappa shape index (κ3) is 1.74. The van der Waals surface area contributed by atoms with E-state index in [-0.39, 0.29) is 12.1 Å². The lowest BCUT2D eigenvalue weighted by atomic mass is 10.1. The Kier molecular flexibility index (Phi) is 2.72. The fourth-order valence-corrected chi connectivity index (χ4v) is 2.49. The van der Waals surface area contributed by atoms with Gasteiger partial charge in [-0.05, 0) is 25.1 Å². The Hall–Kier alpha value is -2.74. The van der Waals surface area contributed by atoms with Gasteiger partial charge in [0.05, 0.1) is 5.56 Å². The van der Waals surface area contributed by atoms with Crippen LogP contribution in [0.5, 0.6) is 0 Å². The van der Waals surface area contributed by atoms with Crippen molar-refractivity contribution in [2.24, 2.45) is 7.05 Å². The monoisotopic (exact) mass is 266 g/mol. The highest BCUT2D eigenvalue weighted by Gasteiger charge is 2.26. The first-order valence-electron chi connectivity index (χ1n) is 6.34. The molecule has 0 fully saturated rings. The Morgan fingerprint density at radius 3 is 2.75 bits per heavy atom. The summed E-state index contributed by atoms with van der Waals surface area (Å²) in [7, 11) is 1.84. The highest BCUT2D eigenvalue weighted by molar-refractivity contribution is 6.01. The minimum atomic E-state index is -0.314. The summed E-state index contributed by atoms with van der Waals surface area (Å²) in [5.74, 6) is -0.105. The SMILES string of the molecule is Cc1c([C@H]2NC(=O)c3ccccc3N2)cc(C#N)n1C. The average Bonchev–Trinajstić information content (AvgIpc) is 2.75. The van der Waals surface area contributed by atoms with E-state index in [0.29, 0.717) is 11.3 Å². The largest absolute Gasteiger partial charge is 0.361 e. The molecule has 0 radical (unpaired) electrons. The Balaban J connectivity index is 2.03. The molecule has 2 heterocycles. The summed E-state index contributed by atoms with van der Waals surface area (Å²) in [6, 6.07) is 11.3. The van der Waals surface area contributed by atoms with Gasteiger partial charge in [0.15, 0.2) is 0 Å². The number of nitriles is 1. The van der Waals surface area contributed by atoms with Crippen LogP contribution in [0, 0.1) is 18.3 Å². The van der Waals surface area contributed by atoms with Crippen molar-refractivity contribution in [1.82, 2.24) is 9.88 Å². The van der Waals surface area contributed by atoms with E-state index < -0.39 is 0 Å². The predicted molar refractivity (Wildman–Crippen MR) is 75.1 cm³/mol. The molecule has 20 heavy (non-hydrogen) atoms. The van der Waals surface area contributed by atoms with E-state index in [9.17, 15) is 4.79 Å². The van der Waals surface area contributed by atoms with E-state index in [2.05, 4.69) is 16.7 Å². The second-order valence-electron chi connectivity index (χ2n) is 4.84. The fourth-order valence-electron chi connectivity index (χ4n) is 2.49. The van der Waals surface area contributed by atoms with Gasteiger partial charge in [-0.25, -0.2) is 0 Å². The number of nitrogens with zero attached hydrogens (tertiary/aromatic N) is 2. The maximum absolute atomic E-state index is 12.1. The number of hydrogen-bond donors (Lipinski definition) is 2. The predicted octanol–water partition coefficient (Wildman–Crippen LogP) is 2.06. The number of para-hydroxylation sites is 1. The molecule has 1 aliphatic rings. The number of aromatic nitrogens is 1. The zero-order valence-corrected chi connectivity index (χ0v) is 11.3. The van der Waals surface area contributed by atoms with E-state index in [1.165, 1.54) is 0 Å². The third-order valence-corrected chi connectivity index (χ3v) is 3.75. The average molecular weight is 266 g/mol. The highest BCUT2D eigenvalue weighted by atomic mass is 16.2. The molecular weight excluding hydrogens is 252 g/mol. The number of amides is 1. The highest BCUT2D eigenvalue weighted by Crippen LogP contribution is 2.28. The standard InChI is InChI=1S/C15H14N4O/c1-9-12(7-10(8-16)19(9)2)14-17-13-6-4-3-5-11(13)15(20)18-14/h3-7,14,17H,1-2H3,(H,18,20)/t14-/m1/s1. The van der Waals surface area contributed by atoms with Gasteiger partial charge in [0.2, 0.25) is 0 Å². The van der Waals surface area contributed by atoms with Crippen LogP contribution in [0.2, 0.25) is 0 Å². The lowest BCUT2D eigenvalue weighted by Crippen LogP contribution is -2.38. The van der Waals surface area contributed by atoms with E-state index >= 15 is 0 Å². The van der Waals surface area contributed by atoms with Crippen molar-refractivity contribution in [1.29, 1.82) is 5.26 Å². The molecular formula is C15H14N4O. The molecule has 1 atom stereocenters. The minimum Gasteiger partial charge on any atom is -0.361 e. The van der Waals surface area contributed by atoms with Crippen molar-refractivity contribution in [2.75, 3.05) is 5.32 Å². The van der Waals surface area contributed by atoms with Crippen molar-refractivity contribution in [2.45, 2.75) is 13.1 Å². The second kappa shape index (κ2) is 4.42. The zero-order valence-electron chi connectivity index (χ0n) is 11.3. The van der Waals surface area contributed by atoms with Crippen LogP contribution in [-0.4, -0.2) is 10.5 Å². The number of carbonyl (C=O) groups is 1. The molecule has 1 aromatic heterocycles. The van der Waals surface area contributed by atoms with Gasteiger partial charge >= 0.3 is 0 Å². The number of anilines is 1. The summed E-state index contributed by atoms with van der Waals surface area (Å²) in [5, 5.41) is 15.3. The normalized spacial score (nSPS) is 16.9. The lowest BCUT2D eigenvalue weighted by Gasteiger charge is -2.28. The number of nitrogens with one attached hydrogen (secondary N) is 2. The van der Waals surface area contributed by atoms with E-state index in [1.54, 1.807) is 12.1 Å². The molecule has 0 unspecified atom stereocenters. The molecule has 0 aliphatic carbocycles. The maximum Gasteiger partial charge on any atom is 0.255 e. The summed E-state index contributed by atoms with van der Waals surface area (Å²) in [6.07, 6.45) is -0.314. The van der Waals surface area contributed by atoms with Gasteiger partial charge in [0.25, 0.3) is 5.91 Å². The number of hydrogen-bond acceptors (Lipinski definition) is 3. The summed E-state index contributed by atoms with van der Waals surface area (Å²) in [6.45, 7) is 1.94. The molecule has 1 amide bonds. The summed E-state index contributed by atoms with van der Waals surface area (Å²) in [4.78, 5) is 12.1. The van der Waals surface area contributed by atoms with Crippen LogP contribution in [0.15, 0.2) is 30.3 Å². The first-order chi connectivity index (χ1) is 9.61. The molecule has 2 N–H and O–H groups in total. The maximum atomic E-state index is 12.1. The Morgan fingerprint density at radius 1 is 1.30 bits per heavy atom. The molecule has 0 bridgehead atoms. The first kappa shape index (κ1) is 12.3. The van der Waals surface area contributed by atoms with Crippen LogP contribution >= 0.6 is 0 Å².